The van der Waals surface area contributed by atoms with E-state index in [1.54, 1.807) is 29.8 Å². The van der Waals surface area contributed by atoms with E-state index in [9.17, 15) is 0 Å². The van der Waals surface area contributed by atoms with Crippen molar-refractivity contribution in [2.75, 3.05) is 0 Å². The highest BCUT2D eigenvalue weighted by atomic mass is 32.1. The second-order valence-electron chi connectivity index (χ2n) is 12.6. The van der Waals surface area contributed by atoms with Crippen molar-refractivity contribution >= 4 is 64.1 Å². The zero-order valence-corrected chi connectivity index (χ0v) is 27.3. The van der Waals surface area contributed by atoms with Crippen molar-refractivity contribution in [3.05, 3.63) is 138 Å². The Labute approximate surface area is 275 Å². The first kappa shape index (κ1) is 27.9. The largest absolute Gasteiger partial charge is 0.292 e. The van der Waals surface area contributed by atoms with Gasteiger partial charge in [-0.2, -0.15) is 0 Å². The number of thiophene rings is 1. The predicted molar refractivity (Wildman–Crippen MR) is 197 cm³/mol. The molecule has 9 rings (SSSR count). The lowest BCUT2D eigenvalue weighted by Crippen LogP contribution is -2.04. The molecule has 226 valence electrons. The molecule has 0 spiro atoms. The van der Waals surface area contributed by atoms with Crippen LogP contribution in [0.15, 0.2) is 109 Å². The summed E-state index contributed by atoms with van der Waals surface area (Å²) < 4.78 is 19.8. The number of fused-ring (bicyclic) bond motifs is 7. The molecule has 3 aromatic heterocycles. The number of imidazole rings is 1. The maximum atomic E-state index is 15.6. The molecule has 3 heterocycles. The van der Waals surface area contributed by atoms with Crippen LogP contribution in [0.2, 0.25) is 0 Å². The van der Waals surface area contributed by atoms with E-state index in [4.69, 9.17) is 4.98 Å². The Morgan fingerprint density at radius 1 is 0.660 bits per heavy atom. The van der Waals surface area contributed by atoms with Gasteiger partial charge in [0.25, 0.3) is 0 Å². The highest BCUT2D eigenvalue weighted by Gasteiger charge is 2.24. The minimum Gasteiger partial charge on any atom is -0.292 e. The van der Waals surface area contributed by atoms with Gasteiger partial charge in [-0.05, 0) is 125 Å². The van der Waals surface area contributed by atoms with E-state index in [2.05, 4.69) is 110 Å². The SMILES string of the molecule is Cc1cc(-c2ccccc2)cc(C)c1-n1c(-c2ccc(F)c3c2sc2ccncc23)nc2cc3c(cc21)c(C)c(C)c1ccccc13. The highest BCUT2D eigenvalue weighted by Crippen LogP contribution is 2.44. The summed E-state index contributed by atoms with van der Waals surface area (Å²) in [5.74, 6) is 0.561. The summed E-state index contributed by atoms with van der Waals surface area (Å²) >= 11 is 1.60. The summed E-state index contributed by atoms with van der Waals surface area (Å²) in [6.07, 6.45) is 3.54. The molecule has 0 radical (unpaired) electrons. The maximum Gasteiger partial charge on any atom is 0.147 e. The fourth-order valence-corrected chi connectivity index (χ4v) is 8.67. The van der Waals surface area contributed by atoms with Crippen LogP contribution in [-0.4, -0.2) is 14.5 Å². The van der Waals surface area contributed by atoms with Crippen LogP contribution in [0.4, 0.5) is 4.39 Å². The fourth-order valence-electron chi connectivity index (χ4n) is 7.48. The Bertz CT molecular complexity index is 2710. The van der Waals surface area contributed by atoms with Gasteiger partial charge in [-0.3, -0.25) is 9.55 Å². The minimum atomic E-state index is -0.242. The van der Waals surface area contributed by atoms with Gasteiger partial charge in [0.15, 0.2) is 0 Å². The molecule has 0 aliphatic heterocycles. The van der Waals surface area contributed by atoms with Crippen molar-refractivity contribution in [3.8, 4) is 28.2 Å². The third-order valence-electron chi connectivity index (χ3n) is 9.81. The van der Waals surface area contributed by atoms with E-state index in [0.717, 1.165) is 54.0 Å². The Morgan fingerprint density at radius 3 is 2.17 bits per heavy atom. The van der Waals surface area contributed by atoms with Crippen molar-refractivity contribution in [1.82, 2.24) is 14.5 Å². The van der Waals surface area contributed by atoms with Crippen LogP contribution in [0, 0.1) is 33.5 Å². The van der Waals surface area contributed by atoms with Crippen LogP contribution < -0.4 is 0 Å². The number of hydrogen-bond donors (Lipinski definition) is 0. The van der Waals surface area contributed by atoms with Gasteiger partial charge in [0.05, 0.1) is 16.7 Å². The lowest BCUT2D eigenvalue weighted by Gasteiger charge is -2.18. The molecule has 47 heavy (non-hydrogen) atoms. The Balaban J connectivity index is 1.42. The summed E-state index contributed by atoms with van der Waals surface area (Å²) in [4.78, 5) is 9.74. The summed E-state index contributed by atoms with van der Waals surface area (Å²) in [5.41, 5.74) is 11.2. The van der Waals surface area contributed by atoms with Gasteiger partial charge in [-0.25, -0.2) is 9.37 Å². The number of aryl methyl sites for hydroxylation is 4. The van der Waals surface area contributed by atoms with Gasteiger partial charge in [0.2, 0.25) is 0 Å². The van der Waals surface area contributed by atoms with Crippen molar-refractivity contribution in [1.29, 1.82) is 0 Å². The first-order chi connectivity index (χ1) is 22.9. The summed E-state index contributed by atoms with van der Waals surface area (Å²) in [5, 5.41) is 6.33. The molecule has 3 nitrogen and oxygen atoms in total. The first-order valence-electron chi connectivity index (χ1n) is 15.9. The lowest BCUT2D eigenvalue weighted by atomic mass is 9.92. The fraction of sp³-hybridized carbons (Fsp3) is 0.0952. The second kappa shape index (κ2) is 10.3. The van der Waals surface area contributed by atoms with E-state index >= 15 is 4.39 Å². The standard InChI is InChI=1S/C42H30FN3S/c1-23-18-28(27-10-6-5-7-11-27)19-24(2)40(23)46-37-21-32-26(4)25(3)29-12-8-9-13-30(29)33(32)20-36(37)45-42(46)31-14-15-35(43)39-34-22-44-17-16-38(34)47-41(31)39/h5-22H,1-4H3. The van der Waals surface area contributed by atoms with Crippen molar-refractivity contribution in [2.45, 2.75) is 27.7 Å². The Morgan fingerprint density at radius 2 is 1.38 bits per heavy atom. The maximum absolute atomic E-state index is 15.6. The monoisotopic (exact) mass is 627 g/mol. The van der Waals surface area contributed by atoms with E-state index < -0.39 is 0 Å². The molecule has 0 aliphatic rings. The molecule has 0 unspecified atom stereocenters. The second-order valence-corrected chi connectivity index (χ2v) is 13.6. The number of benzene rings is 6. The molecule has 0 saturated heterocycles. The van der Waals surface area contributed by atoms with Crippen molar-refractivity contribution in [2.24, 2.45) is 0 Å². The third kappa shape index (κ3) is 4.09. The summed E-state index contributed by atoms with van der Waals surface area (Å²) in [6, 6.07) is 33.7. The molecule has 6 aromatic carbocycles. The molecule has 0 saturated carbocycles. The molecule has 0 bridgehead atoms. The number of nitrogens with zero attached hydrogens (tertiary/aromatic N) is 3. The molecule has 0 amide bonds. The topological polar surface area (TPSA) is 30.7 Å². The van der Waals surface area contributed by atoms with Crippen LogP contribution >= 0.6 is 11.3 Å². The minimum absolute atomic E-state index is 0.242. The Kier molecular flexibility index (Phi) is 6.12. The zero-order valence-electron chi connectivity index (χ0n) is 26.5. The average molecular weight is 628 g/mol. The van der Waals surface area contributed by atoms with Crippen LogP contribution in [0.1, 0.15) is 22.3 Å². The van der Waals surface area contributed by atoms with E-state index in [0.29, 0.717) is 5.39 Å². The molecular formula is C42H30FN3S. The molecule has 0 fully saturated rings. The molecule has 0 aliphatic carbocycles. The van der Waals surface area contributed by atoms with Gasteiger partial charge >= 0.3 is 0 Å². The predicted octanol–water partition coefficient (Wildman–Crippen LogP) is 11.8. The van der Waals surface area contributed by atoms with E-state index in [1.165, 1.54) is 43.8 Å². The van der Waals surface area contributed by atoms with Gasteiger partial charge in [-0.1, -0.05) is 54.6 Å². The Hall–Kier alpha value is -5.39. The van der Waals surface area contributed by atoms with Crippen LogP contribution in [-0.2, 0) is 0 Å². The summed E-state index contributed by atoms with van der Waals surface area (Å²) in [6.45, 7) is 8.79. The average Bonchev–Trinajstić information content (AvgIpc) is 3.66. The number of halogens is 1. The number of aromatic nitrogens is 3. The van der Waals surface area contributed by atoms with Gasteiger partial charge in [0.1, 0.15) is 11.6 Å². The van der Waals surface area contributed by atoms with Crippen LogP contribution in [0.5, 0.6) is 0 Å². The van der Waals surface area contributed by atoms with Gasteiger partial charge < -0.3 is 0 Å². The van der Waals surface area contributed by atoms with E-state index in [1.807, 2.05) is 18.2 Å². The van der Waals surface area contributed by atoms with Gasteiger partial charge in [-0.15, -0.1) is 11.3 Å². The number of hydrogen-bond acceptors (Lipinski definition) is 3. The lowest BCUT2D eigenvalue weighted by molar-refractivity contribution is 0.641. The molecular weight excluding hydrogens is 598 g/mol. The molecule has 5 heteroatoms. The smallest absolute Gasteiger partial charge is 0.147 e. The van der Waals surface area contributed by atoms with Crippen LogP contribution in [0.25, 0.3) is 81.0 Å². The van der Waals surface area contributed by atoms with Crippen molar-refractivity contribution < 1.29 is 4.39 Å². The molecule has 9 aromatic rings. The highest BCUT2D eigenvalue weighted by molar-refractivity contribution is 7.26. The van der Waals surface area contributed by atoms with E-state index in [-0.39, 0.29) is 5.82 Å². The quantitative estimate of drug-likeness (QED) is 0.183. The number of rotatable bonds is 3. The third-order valence-corrected chi connectivity index (χ3v) is 11.0. The van der Waals surface area contributed by atoms with Gasteiger partial charge in [0, 0.05) is 38.1 Å². The normalized spacial score (nSPS) is 11.9. The molecule has 0 atom stereocenters. The molecule has 0 N–H and O–H groups in total. The van der Waals surface area contributed by atoms with Crippen molar-refractivity contribution in [3.63, 3.8) is 0 Å². The summed E-state index contributed by atoms with van der Waals surface area (Å²) in [7, 11) is 0. The first-order valence-corrected chi connectivity index (χ1v) is 16.7. The zero-order chi connectivity index (χ0) is 32.0. The van der Waals surface area contributed by atoms with Crippen LogP contribution in [0.3, 0.4) is 0 Å². The number of pyridine rings is 1.